The summed E-state index contributed by atoms with van der Waals surface area (Å²) >= 11 is 0. The molecule has 0 atom stereocenters. The van der Waals surface area contributed by atoms with Crippen LogP contribution in [0, 0.1) is 20.8 Å². The zero-order valence-corrected chi connectivity index (χ0v) is 15.3. The SMILES string of the molecule is Cc1nc(-c2cccc(-c3ccccc3)c2)n(-c2c(C)cccc2C)n1. The van der Waals surface area contributed by atoms with Crippen molar-refractivity contribution in [2.24, 2.45) is 0 Å². The number of nitrogens with zero attached hydrogens (tertiary/aromatic N) is 3. The highest BCUT2D eigenvalue weighted by atomic mass is 15.4. The third-order valence-corrected chi connectivity index (χ3v) is 4.59. The predicted molar refractivity (Wildman–Crippen MR) is 106 cm³/mol. The van der Waals surface area contributed by atoms with Gasteiger partial charge < -0.3 is 0 Å². The first-order chi connectivity index (χ1) is 12.6. The molecule has 0 aliphatic carbocycles. The highest BCUT2D eigenvalue weighted by molar-refractivity contribution is 5.71. The van der Waals surface area contributed by atoms with E-state index in [9.17, 15) is 0 Å². The molecule has 128 valence electrons. The van der Waals surface area contributed by atoms with E-state index in [2.05, 4.69) is 85.7 Å². The summed E-state index contributed by atoms with van der Waals surface area (Å²) < 4.78 is 1.98. The maximum Gasteiger partial charge on any atom is 0.163 e. The molecule has 1 heterocycles. The van der Waals surface area contributed by atoms with Gasteiger partial charge in [0.05, 0.1) is 5.69 Å². The Morgan fingerprint density at radius 2 is 1.27 bits per heavy atom. The molecule has 0 unspecified atom stereocenters. The molecule has 0 saturated carbocycles. The number of hydrogen-bond donors (Lipinski definition) is 0. The van der Waals surface area contributed by atoms with Crippen LogP contribution in [0.15, 0.2) is 72.8 Å². The van der Waals surface area contributed by atoms with Gasteiger partial charge in [0.15, 0.2) is 5.82 Å². The lowest BCUT2D eigenvalue weighted by molar-refractivity contribution is 0.855. The van der Waals surface area contributed by atoms with Gasteiger partial charge in [0.1, 0.15) is 5.82 Å². The molecule has 0 saturated heterocycles. The molecular weight excluding hydrogens is 318 g/mol. The Morgan fingerprint density at radius 3 is 2.00 bits per heavy atom. The second-order valence-corrected chi connectivity index (χ2v) is 6.58. The van der Waals surface area contributed by atoms with Crippen molar-refractivity contribution in [3.63, 3.8) is 0 Å². The van der Waals surface area contributed by atoms with Gasteiger partial charge in [-0.05, 0) is 49.1 Å². The number of hydrogen-bond acceptors (Lipinski definition) is 2. The lowest BCUT2D eigenvalue weighted by atomic mass is 10.0. The molecule has 3 aromatic carbocycles. The molecule has 4 rings (SSSR count). The van der Waals surface area contributed by atoms with E-state index in [1.807, 2.05) is 17.7 Å². The minimum Gasteiger partial charge on any atom is -0.212 e. The topological polar surface area (TPSA) is 30.7 Å². The fourth-order valence-corrected chi connectivity index (χ4v) is 3.37. The Kier molecular flexibility index (Phi) is 4.13. The standard InChI is InChI=1S/C23H21N3/c1-16-9-7-10-17(2)22(16)26-23(24-18(3)25-26)21-14-8-13-20(15-21)19-11-5-4-6-12-19/h4-15H,1-3H3. The lowest BCUT2D eigenvalue weighted by Gasteiger charge is -2.12. The van der Waals surface area contributed by atoms with Gasteiger partial charge in [0, 0.05) is 5.56 Å². The second kappa shape index (κ2) is 6.60. The number of para-hydroxylation sites is 1. The highest BCUT2D eigenvalue weighted by Crippen LogP contribution is 2.28. The molecule has 0 spiro atoms. The van der Waals surface area contributed by atoms with E-state index in [1.54, 1.807) is 0 Å². The Labute approximate surface area is 154 Å². The molecule has 0 bridgehead atoms. The summed E-state index contributed by atoms with van der Waals surface area (Å²) in [7, 11) is 0. The van der Waals surface area contributed by atoms with Crippen LogP contribution in [0.25, 0.3) is 28.2 Å². The largest absolute Gasteiger partial charge is 0.212 e. The Hall–Kier alpha value is -3.20. The minimum atomic E-state index is 0.771. The van der Waals surface area contributed by atoms with Gasteiger partial charge in [-0.25, -0.2) is 9.67 Å². The van der Waals surface area contributed by atoms with Crippen LogP contribution in [0.2, 0.25) is 0 Å². The molecule has 0 aliphatic heterocycles. The highest BCUT2D eigenvalue weighted by Gasteiger charge is 2.15. The van der Waals surface area contributed by atoms with Crippen molar-refractivity contribution >= 4 is 0 Å². The van der Waals surface area contributed by atoms with E-state index in [4.69, 9.17) is 4.98 Å². The van der Waals surface area contributed by atoms with E-state index in [0.717, 1.165) is 22.9 Å². The van der Waals surface area contributed by atoms with Crippen LogP contribution in [0.4, 0.5) is 0 Å². The average molecular weight is 339 g/mol. The molecule has 0 aliphatic rings. The molecule has 4 aromatic rings. The Morgan fingerprint density at radius 1 is 0.654 bits per heavy atom. The first-order valence-corrected chi connectivity index (χ1v) is 8.79. The zero-order valence-electron chi connectivity index (χ0n) is 15.3. The number of rotatable bonds is 3. The summed E-state index contributed by atoms with van der Waals surface area (Å²) in [6, 6.07) is 25.2. The van der Waals surface area contributed by atoms with Crippen LogP contribution in [-0.2, 0) is 0 Å². The van der Waals surface area contributed by atoms with Crippen LogP contribution in [-0.4, -0.2) is 14.8 Å². The third-order valence-electron chi connectivity index (χ3n) is 4.59. The number of benzene rings is 3. The van der Waals surface area contributed by atoms with Gasteiger partial charge in [0.2, 0.25) is 0 Å². The molecule has 26 heavy (non-hydrogen) atoms. The van der Waals surface area contributed by atoms with Crippen molar-refractivity contribution in [3.05, 3.63) is 89.7 Å². The van der Waals surface area contributed by atoms with E-state index in [1.165, 1.54) is 22.3 Å². The van der Waals surface area contributed by atoms with Gasteiger partial charge in [-0.1, -0.05) is 66.7 Å². The van der Waals surface area contributed by atoms with E-state index in [0.29, 0.717) is 0 Å². The first kappa shape index (κ1) is 16.3. The summed E-state index contributed by atoms with van der Waals surface area (Å²) in [4.78, 5) is 4.73. The quantitative estimate of drug-likeness (QED) is 0.491. The smallest absolute Gasteiger partial charge is 0.163 e. The summed E-state index contributed by atoms with van der Waals surface area (Å²) in [6.07, 6.45) is 0. The molecule has 0 amide bonds. The number of aryl methyl sites for hydroxylation is 3. The molecule has 0 radical (unpaired) electrons. The number of aromatic nitrogens is 3. The molecule has 3 nitrogen and oxygen atoms in total. The van der Waals surface area contributed by atoms with Crippen molar-refractivity contribution in [1.29, 1.82) is 0 Å². The summed E-state index contributed by atoms with van der Waals surface area (Å²) in [5, 5.41) is 4.69. The fraction of sp³-hybridized carbons (Fsp3) is 0.130. The maximum atomic E-state index is 4.73. The lowest BCUT2D eigenvalue weighted by Crippen LogP contribution is -2.04. The van der Waals surface area contributed by atoms with Crippen molar-refractivity contribution in [2.75, 3.05) is 0 Å². The van der Waals surface area contributed by atoms with Crippen LogP contribution < -0.4 is 0 Å². The van der Waals surface area contributed by atoms with Gasteiger partial charge in [0.25, 0.3) is 0 Å². The molecule has 1 aromatic heterocycles. The third kappa shape index (κ3) is 2.93. The molecule has 0 N–H and O–H groups in total. The van der Waals surface area contributed by atoms with E-state index < -0.39 is 0 Å². The monoisotopic (exact) mass is 339 g/mol. The Balaban J connectivity index is 1.88. The van der Waals surface area contributed by atoms with E-state index >= 15 is 0 Å². The van der Waals surface area contributed by atoms with E-state index in [-0.39, 0.29) is 0 Å². The zero-order chi connectivity index (χ0) is 18.1. The predicted octanol–water partition coefficient (Wildman–Crippen LogP) is 5.53. The second-order valence-electron chi connectivity index (χ2n) is 6.58. The van der Waals surface area contributed by atoms with Crippen LogP contribution >= 0.6 is 0 Å². The van der Waals surface area contributed by atoms with Crippen LogP contribution in [0.3, 0.4) is 0 Å². The fourth-order valence-electron chi connectivity index (χ4n) is 3.37. The van der Waals surface area contributed by atoms with Crippen molar-refractivity contribution in [3.8, 4) is 28.2 Å². The molecule has 3 heteroatoms. The van der Waals surface area contributed by atoms with Crippen molar-refractivity contribution in [2.45, 2.75) is 20.8 Å². The molecular formula is C23H21N3. The van der Waals surface area contributed by atoms with Gasteiger partial charge in [-0.15, -0.1) is 0 Å². The minimum absolute atomic E-state index is 0.771. The maximum absolute atomic E-state index is 4.73. The normalized spacial score (nSPS) is 10.9. The van der Waals surface area contributed by atoms with Gasteiger partial charge >= 0.3 is 0 Å². The summed E-state index contributed by atoms with van der Waals surface area (Å²) in [5.41, 5.74) is 6.93. The average Bonchev–Trinajstić information content (AvgIpc) is 3.04. The van der Waals surface area contributed by atoms with Crippen molar-refractivity contribution in [1.82, 2.24) is 14.8 Å². The summed E-state index contributed by atoms with van der Waals surface area (Å²) in [6.45, 7) is 6.17. The first-order valence-electron chi connectivity index (χ1n) is 8.79. The molecule has 0 fully saturated rings. The van der Waals surface area contributed by atoms with Gasteiger partial charge in [-0.2, -0.15) is 5.10 Å². The van der Waals surface area contributed by atoms with Crippen LogP contribution in [0.1, 0.15) is 17.0 Å². The van der Waals surface area contributed by atoms with Crippen molar-refractivity contribution < 1.29 is 0 Å². The van der Waals surface area contributed by atoms with Gasteiger partial charge in [-0.3, -0.25) is 0 Å². The van der Waals surface area contributed by atoms with Crippen LogP contribution in [0.5, 0.6) is 0 Å². The Bertz CT molecular complexity index is 1040. The summed E-state index contributed by atoms with van der Waals surface area (Å²) in [5.74, 6) is 1.64.